The van der Waals surface area contributed by atoms with Crippen molar-refractivity contribution in [2.24, 2.45) is 0 Å². The van der Waals surface area contributed by atoms with Gasteiger partial charge in [0.2, 0.25) is 0 Å². The highest BCUT2D eigenvalue weighted by atomic mass is 16.6. The lowest BCUT2D eigenvalue weighted by molar-refractivity contribution is -0.390. The van der Waals surface area contributed by atoms with Crippen molar-refractivity contribution in [3.05, 3.63) is 26.9 Å². The van der Waals surface area contributed by atoms with Gasteiger partial charge in [-0.05, 0) is 23.8 Å². The van der Waals surface area contributed by atoms with Crippen LogP contribution in [-0.4, -0.2) is 16.5 Å². The smallest absolute Gasteiger partial charge is 0.367 e. The molecular formula is C9H10N2O3. The van der Waals surface area contributed by atoms with Gasteiger partial charge in [-0.3, -0.25) is 0 Å². The van der Waals surface area contributed by atoms with Crippen molar-refractivity contribution in [1.82, 2.24) is 4.98 Å². The van der Waals surface area contributed by atoms with Crippen LogP contribution in [0.15, 0.2) is 0 Å². The number of hydrogen-bond donors (Lipinski definition) is 0. The first kappa shape index (κ1) is 8.93. The predicted octanol–water partition coefficient (Wildman–Crippen LogP) is 1.54. The average Bonchev–Trinajstić information content (AvgIpc) is 2.58. The van der Waals surface area contributed by atoms with Crippen molar-refractivity contribution >= 4 is 5.82 Å². The summed E-state index contributed by atoms with van der Waals surface area (Å²) < 4.78 is 5.36. The Balaban J connectivity index is 2.67. The summed E-state index contributed by atoms with van der Waals surface area (Å²) in [6.07, 6.45) is 0.664. The Morgan fingerprint density at radius 2 is 2.14 bits per heavy atom. The lowest BCUT2D eigenvalue weighted by Gasteiger charge is -2.04. The molecule has 0 bridgehead atoms. The number of rotatable bonds is 1. The summed E-state index contributed by atoms with van der Waals surface area (Å²) in [6, 6.07) is 0. The Morgan fingerprint density at radius 3 is 2.79 bits per heavy atom. The van der Waals surface area contributed by atoms with Crippen LogP contribution in [-0.2, 0) is 6.42 Å². The number of hydrogen-bond acceptors (Lipinski definition) is 4. The van der Waals surface area contributed by atoms with E-state index in [9.17, 15) is 10.1 Å². The first-order valence-electron chi connectivity index (χ1n) is 4.38. The Kier molecular flexibility index (Phi) is 1.87. The molecular weight excluding hydrogens is 184 g/mol. The molecule has 0 atom stereocenters. The fourth-order valence-corrected chi connectivity index (χ4v) is 1.61. The molecule has 74 valence electrons. The van der Waals surface area contributed by atoms with Gasteiger partial charge in [0, 0.05) is 5.56 Å². The number of fused-ring (bicyclic) bond motifs is 1. The molecule has 0 amide bonds. The summed E-state index contributed by atoms with van der Waals surface area (Å²) in [4.78, 5) is 14.2. The van der Waals surface area contributed by atoms with Crippen LogP contribution in [0.2, 0.25) is 0 Å². The number of aromatic nitrogens is 1. The molecule has 0 saturated carbocycles. The van der Waals surface area contributed by atoms with Gasteiger partial charge in [0.25, 0.3) is 0 Å². The van der Waals surface area contributed by atoms with E-state index in [-0.39, 0.29) is 5.82 Å². The van der Waals surface area contributed by atoms with E-state index in [1.807, 2.05) is 6.92 Å². The molecule has 5 nitrogen and oxygen atoms in total. The molecule has 1 aromatic heterocycles. The Labute approximate surface area is 80.9 Å². The highest BCUT2D eigenvalue weighted by molar-refractivity contribution is 5.50. The van der Waals surface area contributed by atoms with Crippen molar-refractivity contribution in [1.29, 1.82) is 0 Å². The van der Waals surface area contributed by atoms with E-state index in [0.29, 0.717) is 24.3 Å². The van der Waals surface area contributed by atoms with E-state index in [4.69, 9.17) is 4.74 Å². The topological polar surface area (TPSA) is 65.3 Å². The quantitative estimate of drug-likeness (QED) is 0.502. The largest absolute Gasteiger partial charge is 0.489 e. The molecule has 2 rings (SSSR count). The van der Waals surface area contributed by atoms with Gasteiger partial charge >= 0.3 is 5.82 Å². The van der Waals surface area contributed by atoms with Crippen LogP contribution in [0, 0.1) is 24.0 Å². The molecule has 5 heteroatoms. The summed E-state index contributed by atoms with van der Waals surface area (Å²) in [7, 11) is 0. The maximum Gasteiger partial charge on any atom is 0.367 e. The van der Waals surface area contributed by atoms with E-state index < -0.39 is 4.92 Å². The van der Waals surface area contributed by atoms with Gasteiger partial charge in [0.05, 0.1) is 18.6 Å². The molecule has 0 radical (unpaired) electrons. The first-order valence-corrected chi connectivity index (χ1v) is 4.38. The van der Waals surface area contributed by atoms with Gasteiger partial charge < -0.3 is 14.9 Å². The van der Waals surface area contributed by atoms with E-state index in [1.54, 1.807) is 6.92 Å². The van der Waals surface area contributed by atoms with E-state index >= 15 is 0 Å². The van der Waals surface area contributed by atoms with Gasteiger partial charge in [-0.1, -0.05) is 0 Å². The Hall–Kier alpha value is -1.65. The standard InChI is InChI=1S/C9H10N2O3/c1-5-6(2)9(11(12)13)10-7-3-4-14-8(5)7/h3-4H2,1-2H3. The molecule has 1 aliphatic heterocycles. The van der Waals surface area contributed by atoms with Crippen molar-refractivity contribution < 1.29 is 9.66 Å². The van der Waals surface area contributed by atoms with Gasteiger partial charge in [-0.2, -0.15) is 0 Å². The maximum atomic E-state index is 10.7. The van der Waals surface area contributed by atoms with Crippen LogP contribution in [0.4, 0.5) is 5.82 Å². The van der Waals surface area contributed by atoms with Crippen LogP contribution < -0.4 is 4.74 Å². The summed E-state index contributed by atoms with van der Waals surface area (Å²) in [5, 5.41) is 10.7. The summed E-state index contributed by atoms with van der Waals surface area (Å²) >= 11 is 0. The van der Waals surface area contributed by atoms with E-state index in [0.717, 1.165) is 11.3 Å². The van der Waals surface area contributed by atoms with Gasteiger partial charge in [-0.25, -0.2) is 0 Å². The van der Waals surface area contributed by atoms with Crippen LogP contribution in [0.1, 0.15) is 16.8 Å². The molecule has 14 heavy (non-hydrogen) atoms. The zero-order valence-electron chi connectivity index (χ0n) is 8.03. The lowest BCUT2D eigenvalue weighted by Crippen LogP contribution is -2.00. The van der Waals surface area contributed by atoms with Crippen LogP contribution in [0.25, 0.3) is 0 Å². The Morgan fingerprint density at radius 1 is 1.43 bits per heavy atom. The summed E-state index contributed by atoms with van der Waals surface area (Å²) in [5.74, 6) is 0.680. The van der Waals surface area contributed by atoms with E-state index in [2.05, 4.69) is 4.98 Å². The SMILES string of the molecule is Cc1c([N+](=O)[O-])nc2c(c1C)OCC2. The third-order valence-electron chi connectivity index (χ3n) is 2.50. The highest BCUT2D eigenvalue weighted by Crippen LogP contribution is 2.33. The number of pyridine rings is 1. The minimum absolute atomic E-state index is 0.0493. The number of ether oxygens (including phenoxy) is 1. The average molecular weight is 194 g/mol. The molecule has 1 aliphatic rings. The molecule has 0 spiro atoms. The summed E-state index contributed by atoms with van der Waals surface area (Å²) in [5.41, 5.74) is 2.13. The zero-order chi connectivity index (χ0) is 10.3. The minimum atomic E-state index is -0.444. The number of nitrogens with zero attached hydrogens (tertiary/aromatic N) is 2. The predicted molar refractivity (Wildman–Crippen MR) is 49.6 cm³/mol. The molecule has 0 unspecified atom stereocenters. The Bertz CT molecular complexity index is 415. The molecule has 0 fully saturated rings. The fraction of sp³-hybridized carbons (Fsp3) is 0.444. The first-order chi connectivity index (χ1) is 6.61. The monoisotopic (exact) mass is 194 g/mol. The van der Waals surface area contributed by atoms with Crippen molar-refractivity contribution in [2.45, 2.75) is 20.3 Å². The second-order valence-electron chi connectivity index (χ2n) is 3.32. The molecule has 2 heterocycles. The van der Waals surface area contributed by atoms with Gasteiger partial charge in [0.15, 0.2) is 11.4 Å². The van der Waals surface area contributed by atoms with Gasteiger partial charge in [-0.15, -0.1) is 0 Å². The normalized spacial score (nSPS) is 13.6. The fourth-order valence-electron chi connectivity index (χ4n) is 1.61. The molecule has 0 aliphatic carbocycles. The molecule has 1 aromatic rings. The number of nitro groups is 1. The second kappa shape index (κ2) is 2.94. The summed E-state index contributed by atoms with van der Waals surface area (Å²) in [6.45, 7) is 4.10. The third kappa shape index (κ3) is 1.13. The molecule has 0 saturated heterocycles. The third-order valence-corrected chi connectivity index (χ3v) is 2.50. The zero-order valence-corrected chi connectivity index (χ0v) is 8.03. The van der Waals surface area contributed by atoms with Crippen LogP contribution >= 0.6 is 0 Å². The molecule has 0 N–H and O–H groups in total. The van der Waals surface area contributed by atoms with Crippen molar-refractivity contribution in [3.8, 4) is 5.75 Å². The van der Waals surface area contributed by atoms with Gasteiger partial charge in [0.1, 0.15) is 0 Å². The molecule has 0 aromatic carbocycles. The van der Waals surface area contributed by atoms with Crippen molar-refractivity contribution in [2.75, 3.05) is 6.61 Å². The van der Waals surface area contributed by atoms with Crippen LogP contribution in [0.5, 0.6) is 5.75 Å². The minimum Gasteiger partial charge on any atom is -0.489 e. The second-order valence-corrected chi connectivity index (χ2v) is 3.32. The van der Waals surface area contributed by atoms with E-state index in [1.165, 1.54) is 0 Å². The van der Waals surface area contributed by atoms with Crippen molar-refractivity contribution in [3.63, 3.8) is 0 Å². The highest BCUT2D eigenvalue weighted by Gasteiger charge is 2.27. The van der Waals surface area contributed by atoms with Crippen LogP contribution in [0.3, 0.4) is 0 Å². The maximum absolute atomic E-state index is 10.7. The lowest BCUT2D eigenvalue weighted by atomic mass is 10.1.